The first-order valence-corrected chi connectivity index (χ1v) is 5.60. The first kappa shape index (κ1) is 12.0. The van der Waals surface area contributed by atoms with Gasteiger partial charge in [0.2, 0.25) is 0 Å². The van der Waals surface area contributed by atoms with E-state index in [0.717, 1.165) is 19.3 Å². The van der Waals surface area contributed by atoms with Crippen LogP contribution in [0.2, 0.25) is 0 Å². The summed E-state index contributed by atoms with van der Waals surface area (Å²) in [6, 6.07) is 8.46. The Hall–Kier alpha value is -1.08. The van der Waals surface area contributed by atoms with Gasteiger partial charge in [0.25, 0.3) is 0 Å². The van der Waals surface area contributed by atoms with Gasteiger partial charge in [0, 0.05) is 0 Å². The summed E-state index contributed by atoms with van der Waals surface area (Å²) in [7, 11) is 0. The van der Waals surface area contributed by atoms with E-state index < -0.39 is 0 Å². The second-order valence-electron chi connectivity index (χ2n) is 4.10. The van der Waals surface area contributed by atoms with E-state index in [9.17, 15) is 0 Å². The number of hydrogen-bond acceptors (Lipinski definition) is 1. The van der Waals surface area contributed by atoms with Crippen LogP contribution in [0.4, 0.5) is 0 Å². The molecular formula is C14H20O. The van der Waals surface area contributed by atoms with E-state index in [4.69, 9.17) is 5.11 Å². The van der Waals surface area contributed by atoms with E-state index in [2.05, 4.69) is 43.3 Å². The van der Waals surface area contributed by atoms with Crippen LogP contribution in [0.15, 0.2) is 30.3 Å². The summed E-state index contributed by atoms with van der Waals surface area (Å²) in [4.78, 5) is 0. The second kappa shape index (κ2) is 6.41. The predicted octanol–water partition coefficient (Wildman–Crippen LogP) is 3.56. The van der Waals surface area contributed by atoms with Crippen molar-refractivity contribution in [3.8, 4) is 0 Å². The van der Waals surface area contributed by atoms with Crippen molar-refractivity contribution < 1.29 is 5.11 Å². The van der Waals surface area contributed by atoms with Crippen molar-refractivity contribution in [2.75, 3.05) is 0 Å². The summed E-state index contributed by atoms with van der Waals surface area (Å²) < 4.78 is 0. The van der Waals surface area contributed by atoms with Gasteiger partial charge in [-0.1, -0.05) is 42.0 Å². The fourth-order valence-corrected chi connectivity index (χ4v) is 1.52. The first-order valence-electron chi connectivity index (χ1n) is 5.60. The molecule has 1 heteroatoms. The molecule has 0 aliphatic carbocycles. The molecule has 0 aromatic heterocycles. The molecule has 0 aliphatic rings. The Bertz CT molecular complexity index is 313. The highest BCUT2D eigenvalue weighted by Gasteiger charge is 1.92. The third-order valence-corrected chi connectivity index (χ3v) is 2.35. The molecule has 0 amide bonds. The van der Waals surface area contributed by atoms with Crippen LogP contribution in [-0.4, -0.2) is 11.2 Å². The highest BCUT2D eigenvalue weighted by molar-refractivity contribution is 5.49. The van der Waals surface area contributed by atoms with Gasteiger partial charge in [-0.2, -0.15) is 0 Å². The summed E-state index contributed by atoms with van der Waals surface area (Å²) >= 11 is 0. The van der Waals surface area contributed by atoms with Gasteiger partial charge in [-0.05, 0) is 38.7 Å². The number of unbranched alkanes of at least 4 members (excludes halogenated alkanes) is 1. The minimum absolute atomic E-state index is 0.169. The third kappa shape index (κ3) is 5.38. The number of aryl methyl sites for hydroxylation is 1. The molecule has 1 N–H and O–H groups in total. The molecule has 0 saturated carbocycles. The van der Waals surface area contributed by atoms with Crippen molar-refractivity contribution in [2.45, 2.75) is 39.2 Å². The van der Waals surface area contributed by atoms with Crippen LogP contribution in [0.1, 0.15) is 37.3 Å². The number of hydrogen-bond donors (Lipinski definition) is 1. The summed E-state index contributed by atoms with van der Waals surface area (Å²) in [5.41, 5.74) is 2.55. The maximum absolute atomic E-state index is 9.08. The number of rotatable bonds is 5. The molecule has 0 saturated heterocycles. The number of aliphatic hydroxyl groups excluding tert-OH is 1. The lowest BCUT2D eigenvalue weighted by atomic mass is 10.1. The molecular weight excluding hydrogens is 184 g/mol. The van der Waals surface area contributed by atoms with Crippen LogP contribution in [0.5, 0.6) is 0 Å². The fourth-order valence-electron chi connectivity index (χ4n) is 1.52. The summed E-state index contributed by atoms with van der Waals surface area (Å²) in [6.45, 7) is 3.94. The molecule has 0 heterocycles. The Morgan fingerprint density at radius 3 is 2.87 bits per heavy atom. The van der Waals surface area contributed by atoms with Crippen molar-refractivity contribution in [3.05, 3.63) is 41.5 Å². The zero-order chi connectivity index (χ0) is 11.1. The van der Waals surface area contributed by atoms with Gasteiger partial charge >= 0.3 is 0 Å². The number of allylic oxidation sites excluding steroid dienone is 1. The summed E-state index contributed by atoms with van der Waals surface area (Å²) in [6.07, 6.45) is 7.14. The van der Waals surface area contributed by atoms with Crippen molar-refractivity contribution in [2.24, 2.45) is 0 Å². The van der Waals surface area contributed by atoms with E-state index in [1.165, 1.54) is 11.1 Å². The van der Waals surface area contributed by atoms with E-state index in [-0.39, 0.29) is 6.10 Å². The predicted molar refractivity (Wildman–Crippen MR) is 65.7 cm³/mol. The molecule has 1 atom stereocenters. The molecule has 0 spiro atoms. The Morgan fingerprint density at radius 1 is 1.40 bits per heavy atom. The fraction of sp³-hybridized carbons (Fsp3) is 0.429. The minimum Gasteiger partial charge on any atom is -0.393 e. The monoisotopic (exact) mass is 204 g/mol. The van der Waals surface area contributed by atoms with E-state index in [1.54, 1.807) is 0 Å². The SMILES string of the molecule is Cc1cccc(/C=C/CCC[C@H](C)O)c1. The van der Waals surface area contributed by atoms with Crippen molar-refractivity contribution in [3.63, 3.8) is 0 Å². The molecule has 0 bridgehead atoms. The average Bonchev–Trinajstić information content (AvgIpc) is 2.17. The molecule has 1 nitrogen and oxygen atoms in total. The molecule has 1 aromatic carbocycles. The quantitative estimate of drug-likeness (QED) is 0.727. The van der Waals surface area contributed by atoms with Gasteiger partial charge in [0.05, 0.1) is 6.10 Å². The van der Waals surface area contributed by atoms with Gasteiger partial charge in [0.15, 0.2) is 0 Å². The van der Waals surface area contributed by atoms with Crippen LogP contribution in [-0.2, 0) is 0 Å². The molecule has 82 valence electrons. The average molecular weight is 204 g/mol. The van der Waals surface area contributed by atoms with Crippen molar-refractivity contribution in [1.29, 1.82) is 0 Å². The van der Waals surface area contributed by atoms with E-state index in [0.29, 0.717) is 0 Å². The number of aliphatic hydroxyl groups is 1. The van der Waals surface area contributed by atoms with Crippen LogP contribution in [0.3, 0.4) is 0 Å². The smallest absolute Gasteiger partial charge is 0.0512 e. The van der Waals surface area contributed by atoms with Gasteiger partial charge < -0.3 is 5.11 Å². The Balaban J connectivity index is 2.32. The van der Waals surface area contributed by atoms with E-state index >= 15 is 0 Å². The van der Waals surface area contributed by atoms with Gasteiger partial charge in [0.1, 0.15) is 0 Å². The van der Waals surface area contributed by atoms with Crippen LogP contribution >= 0.6 is 0 Å². The molecule has 0 fully saturated rings. The molecule has 0 radical (unpaired) electrons. The van der Waals surface area contributed by atoms with Crippen LogP contribution in [0, 0.1) is 6.92 Å². The van der Waals surface area contributed by atoms with Gasteiger partial charge in [-0.25, -0.2) is 0 Å². The summed E-state index contributed by atoms with van der Waals surface area (Å²) in [5, 5.41) is 9.08. The van der Waals surface area contributed by atoms with Crippen molar-refractivity contribution >= 4 is 6.08 Å². The van der Waals surface area contributed by atoms with Crippen LogP contribution in [0.25, 0.3) is 6.08 Å². The van der Waals surface area contributed by atoms with Gasteiger partial charge in [-0.3, -0.25) is 0 Å². The first-order chi connectivity index (χ1) is 7.18. The lowest BCUT2D eigenvalue weighted by Gasteiger charge is -2.00. The Kier molecular flexibility index (Phi) is 5.13. The molecule has 1 aromatic rings. The Labute approximate surface area is 92.5 Å². The zero-order valence-corrected chi connectivity index (χ0v) is 9.61. The number of benzene rings is 1. The lowest BCUT2D eigenvalue weighted by molar-refractivity contribution is 0.182. The van der Waals surface area contributed by atoms with Crippen molar-refractivity contribution in [1.82, 2.24) is 0 Å². The van der Waals surface area contributed by atoms with Crippen LogP contribution < -0.4 is 0 Å². The highest BCUT2D eigenvalue weighted by atomic mass is 16.3. The van der Waals surface area contributed by atoms with E-state index in [1.807, 2.05) is 6.92 Å². The minimum atomic E-state index is -0.169. The maximum Gasteiger partial charge on any atom is 0.0512 e. The standard InChI is InChI=1S/C14H20O/c1-12-7-6-10-14(11-12)9-5-3-4-8-13(2)15/h5-7,9-11,13,15H,3-4,8H2,1-2H3/b9-5+/t13-/m0/s1. The Morgan fingerprint density at radius 2 is 2.20 bits per heavy atom. The molecule has 0 aliphatic heterocycles. The largest absolute Gasteiger partial charge is 0.393 e. The lowest BCUT2D eigenvalue weighted by Crippen LogP contribution is -1.97. The summed E-state index contributed by atoms with van der Waals surface area (Å²) in [5.74, 6) is 0. The zero-order valence-electron chi connectivity index (χ0n) is 9.61. The maximum atomic E-state index is 9.08. The molecule has 0 unspecified atom stereocenters. The third-order valence-electron chi connectivity index (χ3n) is 2.35. The molecule has 15 heavy (non-hydrogen) atoms. The molecule has 1 rings (SSSR count). The second-order valence-corrected chi connectivity index (χ2v) is 4.10. The highest BCUT2D eigenvalue weighted by Crippen LogP contribution is 2.08. The normalized spacial score (nSPS) is 13.3. The van der Waals surface area contributed by atoms with Gasteiger partial charge in [-0.15, -0.1) is 0 Å². The topological polar surface area (TPSA) is 20.2 Å².